The third-order valence-electron chi connectivity index (χ3n) is 6.18. The largest absolute Gasteiger partial charge is 0.473 e. The van der Waals surface area contributed by atoms with Crippen LogP contribution in [0, 0.1) is 0 Å². The molecule has 5 aromatic carbocycles. The standard InChI is InChI=1S/C32H27BO3Si2/c1-26(34)27-22-24-28(25-23-27)33(35-37(29-14-6-2-7-15-29)30-16-8-3-9-17-30)36-38(31-18-10-4-11-19-31)32-20-12-5-13-21-32/h2-25H,1H3. The predicted molar refractivity (Wildman–Crippen MR) is 160 cm³/mol. The first kappa shape index (κ1) is 25.8. The van der Waals surface area contributed by atoms with Gasteiger partial charge >= 0.3 is 7.12 Å². The first-order valence-electron chi connectivity index (χ1n) is 12.6. The van der Waals surface area contributed by atoms with Crippen LogP contribution < -0.4 is 26.2 Å². The van der Waals surface area contributed by atoms with Gasteiger partial charge in [0.15, 0.2) is 5.78 Å². The predicted octanol–water partition coefficient (Wildman–Crippen LogP) is 3.23. The maximum Gasteiger partial charge on any atom is 0.473 e. The summed E-state index contributed by atoms with van der Waals surface area (Å²) in [6.45, 7) is 1.58. The van der Waals surface area contributed by atoms with Gasteiger partial charge < -0.3 is 8.69 Å². The molecule has 0 aromatic heterocycles. The number of hydrogen-bond acceptors (Lipinski definition) is 3. The molecule has 0 aliphatic rings. The maximum absolute atomic E-state index is 12.0. The molecule has 5 rings (SSSR count). The highest BCUT2D eigenvalue weighted by Gasteiger charge is 2.34. The molecule has 0 spiro atoms. The van der Waals surface area contributed by atoms with Crippen molar-refractivity contribution in [2.24, 2.45) is 0 Å². The summed E-state index contributed by atoms with van der Waals surface area (Å²) in [5.74, 6) is 0.0339. The van der Waals surface area contributed by atoms with Crippen molar-refractivity contribution in [3.05, 3.63) is 151 Å². The Kier molecular flexibility index (Phi) is 8.58. The van der Waals surface area contributed by atoms with E-state index in [1.165, 1.54) is 0 Å². The zero-order valence-electron chi connectivity index (χ0n) is 21.2. The summed E-state index contributed by atoms with van der Waals surface area (Å²) in [5.41, 5.74) is 1.56. The van der Waals surface area contributed by atoms with Crippen molar-refractivity contribution in [1.29, 1.82) is 0 Å². The van der Waals surface area contributed by atoms with Crippen LogP contribution in [0.1, 0.15) is 17.3 Å². The van der Waals surface area contributed by atoms with Crippen molar-refractivity contribution in [2.45, 2.75) is 6.92 Å². The molecular formula is C32H27BO3Si2. The molecule has 0 unspecified atom stereocenters. The molecule has 0 bridgehead atoms. The van der Waals surface area contributed by atoms with Crippen LogP contribution in [0.25, 0.3) is 0 Å². The van der Waals surface area contributed by atoms with Crippen LogP contribution >= 0.6 is 0 Å². The molecule has 0 saturated carbocycles. The van der Waals surface area contributed by atoms with Crippen molar-refractivity contribution in [1.82, 2.24) is 0 Å². The van der Waals surface area contributed by atoms with Crippen molar-refractivity contribution >= 4 is 57.2 Å². The molecule has 5 aromatic rings. The molecule has 0 aliphatic carbocycles. The van der Waals surface area contributed by atoms with E-state index in [2.05, 4.69) is 48.5 Å². The van der Waals surface area contributed by atoms with Crippen LogP contribution in [0.4, 0.5) is 0 Å². The summed E-state index contributed by atoms with van der Waals surface area (Å²) < 4.78 is 14.0. The van der Waals surface area contributed by atoms with Crippen LogP contribution in [0.5, 0.6) is 0 Å². The first-order chi connectivity index (χ1) is 18.7. The number of benzene rings is 5. The lowest BCUT2D eigenvalue weighted by Crippen LogP contribution is -2.57. The second-order valence-corrected chi connectivity index (χ2v) is 13.0. The molecule has 38 heavy (non-hydrogen) atoms. The summed E-state index contributed by atoms with van der Waals surface area (Å²) in [5, 5.41) is 4.58. The zero-order valence-corrected chi connectivity index (χ0v) is 23.2. The topological polar surface area (TPSA) is 35.5 Å². The summed E-state index contributed by atoms with van der Waals surface area (Å²) in [7, 11) is -3.94. The van der Waals surface area contributed by atoms with Crippen molar-refractivity contribution in [3.63, 3.8) is 0 Å². The summed E-state index contributed by atoms with van der Waals surface area (Å²) in [4.78, 5) is 12.0. The van der Waals surface area contributed by atoms with Gasteiger partial charge in [0.25, 0.3) is 18.1 Å². The minimum absolute atomic E-state index is 0.0339. The highest BCUT2D eigenvalue weighted by Crippen LogP contribution is 2.06. The Bertz CT molecular complexity index is 1270. The molecule has 0 atom stereocenters. The molecule has 0 amide bonds. The van der Waals surface area contributed by atoms with Crippen LogP contribution in [0.15, 0.2) is 146 Å². The molecule has 3 nitrogen and oxygen atoms in total. The third-order valence-corrected chi connectivity index (χ3v) is 10.5. The van der Waals surface area contributed by atoms with E-state index in [4.69, 9.17) is 8.69 Å². The minimum atomic E-state index is -1.66. The molecule has 0 fully saturated rings. The molecule has 0 aliphatic heterocycles. The van der Waals surface area contributed by atoms with E-state index in [1.54, 1.807) is 6.92 Å². The fourth-order valence-electron chi connectivity index (χ4n) is 4.21. The van der Waals surface area contributed by atoms with Gasteiger partial charge in [-0.3, -0.25) is 4.79 Å². The Morgan fingerprint density at radius 1 is 0.500 bits per heavy atom. The Morgan fingerprint density at radius 3 is 1.11 bits per heavy atom. The molecular weight excluding hydrogens is 499 g/mol. The molecule has 2 radical (unpaired) electrons. The summed E-state index contributed by atoms with van der Waals surface area (Å²) in [6.07, 6.45) is 0. The fraction of sp³-hybridized carbons (Fsp3) is 0.0312. The molecule has 184 valence electrons. The Balaban J connectivity index is 1.58. The van der Waals surface area contributed by atoms with Gasteiger partial charge in [0.05, 0.1) is 0 Å². The Morgan fingerprint density at radius 2 is 0.816 bits per heavy atom. The monoisotopic (exact) mass is 526 g/mol. The molecule has 0 heterocycles. The van der Waals surface area contributed by atoms with E-state index in [9.17, 15) is 4.79 Å². The van der Waals surface area contributed by atoms with E-state index in [0.29, 0.717) is 5.56 Å². The molecule has 6 heteroatoms. The van der Waals surface area contributed by atoms with Gasteiger partial charge in [0.2, 0.25) is 0 Å². The summed E-state index contributed by atoms with van der Waals surface area (Å²) in [6, 6.07) is 49.1. The van der Waals surface area contributed by atoms with Gasteiger partial charge in [-0.25, -0.2) is 0 Å². The van der Waals surface area contributed by atoms with Crippen molar-refractivity contribution in [2.75, 3.05) is 0 Å². The average molecular weight is 527 g/mol. The minimum Gasteiger partial charge on any atom is -0.443 e. The van der Waals surface area contributed by atoms with Gasteiger partial charge in [0.1, 0.15) is 0 Å². The number of carbonyl (C=O) groups excluding carboxylic acids is 1. The smallest absolute Gasteiger partial charge is 0.443 e. The van der Waals surface area contributed by atoms with E-state index >= 15 is 0 Å². The third kappa shape index (κ3) is 6.36. The van der Waals surface area contributed by atoms with Crippen LogP contribution in [-0.2, 0) is 8.69 Å². The average Bonchev–Trinajstić information content (AvgIpc) is 2.99. The summed E-state index contributed by atoms with van der Waals surface area (Å²) >= 11 is 0. The second kappa shape index (κ2) is 12.6. The normalized spacial score (nSPS) is 11.0. The van der Waals surface area contributed by atoms with Crippen LogP contribution in [-0.4, -0.2) is 31.0 Å². The van der Waals surface area contributed by atoms with E-state index in [0.717, 1.165) is 26.2 Å². The zero-order chi connectivity index (χ0) is 26.2. The Labute approximate surface area is 228 Å². The lowest BCUT2D eigenvalue weighted by atomic mass is 9.80. The van der Waals surface area contributed by atoms with E-state index in [-0.39, 0.29) is 5.78 Å². The number of rotatable bonds is 10. The van der Waals surface area contributed by atoms with Crippen molar-refractivity contribution in [3.8, 4) is 0 Å². The highest BCUT2D eigenvalue weighted by molar-refractivity contribution is 6.90. The quantitative estimate of drug-likeness (QED) is 0.207. The first-order valence-corrected chi connectivity index (χ1v) is 15.4. The second-order valence-electron chi connectivity index (χ2n) is 8.87. The van der Waals surface area contributed by atoms with E-state index < -0.39 is 25.2 Å². The lowest BCUT2D eigenvalue weighted by Gasteiger charge is -2.26. The van der Waals surface area contributed by atoms with Gasteiger partial charge in [0, 0.05) is 5.56 Å². The van der Waals surface area contributed by atoms with Gasteiger partial charge in [-0.05, 0) is 33.1 Å². The van der Waals surface area contributed by atoms with Crippen LogP contribution in [0.3, 0.4) is 0 Å². The fourth-order valence-corrected chi connectivity index (χ4v) is 8.30. The molecule has 0 N–H and O–H groups in total. The van der Waals surface area contributed by atoms with Gasteiger partial charge in [-0.2, -0.15) is 0 Å². The van der Waals surface area contributed by atoms with Gasteiger partial charge in [-0.1, -0.05) is 146 Å². The maximum atomic E-state index is 12.0. The number of carbonyl (C=O) groups is 1. The highest BCUT2D eigenvalue weighted by atomic mass is 28.3. The van der Waals surface area contributed by atoms with Gasteiger partial charge in [-0.15, -0.1) is 0 Å². The SMILES string of the molecule is CC(=O)c1ccc(B(O[Si](c2ccccc2)c2ccccc2)O[Si](c2ccccc2)c2ccccc2)cc1. The van der Waals surface area contributed by atoms with E-state index in [1.807, 2.05) is 97.1 Å². The van der Waals surface area contributed by atoms with Crippen LogP contribution in [0.2, 0.25) is 0 Å². The number of ketones is 1. The van der Waals surface area contributed by atoms with Crippen molar-refractivity contribution < 1.29 is 13.5 Å². The lowest BCUT2D eigenvalue weighted by molar-refractivity contribution is 0.101. The number of hydrogen-bond donors (Lipinski definition) is 0. The number of Topliss-reactive ketones (excluding diaryl/α,β-unsaturated/α-hetero) is 1. The molecule has 0 saturated heterocycles. The Hall–Kier alpha value is -3.81.